The van der Waals surface area contributed by atoms with Gasteiger partial charge in [-0.2, -0.15) is 5.10 Å². The van der Waals surface area contributed by atoms with E-state index in [1.54, 1.807) is 0 Å². The van der Waals surface area contributed by atoms with Gasteiger partial charge in [-0.3, -0.25) is 0 Å². The Hall–Kier alpha value is -5.34. The Balaban J connectivity index is 1.26. The Kier molecular flexibility index (Phi) is 8.06. The number of hydrogen-bond donors (Lipinski definition) is 0. The quantitative estimate of drug-likeness (QED) is 0.159. The number of benzene rings is 6. The van der Waals surface area contributed by atoms with Crippen LogP contribution in [0, 0.1) is 0 Å². The van der Waals surface area contributed by atoms with Crippen LogP contribution in [0.3, 0.4) is 0 Å². The van der Waals surface area contributed by atoms with Crippen LogP contribution in [-0.2, 0) is 0 Å². The molecule has 0 amide bonds. The number of hydrogen-bond acceptors (Lipinski definition) is 3. The summed E-state index contributed by atoms with van der Waals surface area (Å²) in [6, 6.07) is 57.7. The summed E-state index contributed by atoms with van der Waals surface area (Å²) in [4.78, 5) is 0. The van der Waals surface area contributed by atoms with E-state index in [2.05, 4.69) is 97.1 Å². The van der Waals surface area contributed by atoms with Crippen molar-refractivity contribution in [1.29, 1.82) is 0 Å². The van der Waals surface area contributed by atoms with Crippen molar-refractivity contribution in [3.05, 3.63) is 170 Å². The fourth-order valence-electron chi connectivity index (χ4n) is 5.35. The third-order valence-corrected chi connectivity index (χ3v) is 8.18. The third kappa shape index (κ3) is 5.80. The summed E-state index contributed by atoms with van der Waals surface area (Å²) >= 11 is -0.822. The lowest BCUT2D eigenvalue weighted by molar-refractivity contribution is 0.457. The second kappa shape index (κ2) is 12.9. The van der Waals surface area contributed by atoms with E-state index in [0.29, 0.717) is 5.75 Å². The van der Waals surface area contributed by atoms with Crippen LogP contribution in [0.2, 0.25) is 0 Å². The summed E-state index contributed by atoms with van der Waals surface area (Å²) in [6.07, 6.45) is 0. The van der Waals surface area contributed by atoms with Crippen LogP contribution in [-0.4, -0.2) is 25.7 Å². The topological polar surface area (TPSA) is 36.3 Å². The lowest BCUT2D eigenvalue weighted by Crippen LogP contribution is -2.13. The first kappa shape index (κ1) is 27.5. The van der Waals surface area contributed by atoms with Gasteiger partial charge in [0.2, 0.25) is 0 Å². The molecule has 0 aliphatic heterocycles. The maximum Gasteiger partial charge on any atom is 0.881 e. The third-order valence-electron chi connectivity index (χ3n) is 7.46. The van der Waals surface area contributed by atoms with Crippen LogP contribution >= 0.6 is 0 Å². The van der Waals surface area contributed by atoms with Gasteiger partial charge in [0, 0.05) is 16.7 Å². The number of para-hydroxylation sites is 2. The molecule has 0 bridgehead atoms. The maximum absolute atomic E-state index is 6.36. The van der Waals surface area contributed by atoms with Gasteiger partial charge in [-0.25, -0.2) is 4.68 Å². The minimum absolute atomic E-state index is 0.710. The molecule has 0 saturated heterocycles. The number of aromatic nitrogens is 2. The van der Waals surface area contributed by atoms with Crippen molar-refractivity contribution in [2.45, 2.75) is 0 Å². The van der Waals surface area contributed by atoms with E-state index in [1.807, 2.05) is 77.5 Å². The Morgan fingerprint density at radius 3 is 1.57 bits per heavy atom. The molecule has 0 fully saturated rings. The van der Waals surface area contributed by atoms with Gasteiger partial charge in [-0.15, -0.1) is 0 Å². The highest BCUT2D eigenvalue weighted by molar-refractivity contribution is 6.21. The first-order chi connectivity index (χ1) is 21.8. The van der Waals surface area contributed by atoms with Crippen LogP contribution in [0.4, 0.5) is 0 Å². The zero-order valence-corrected chi connectivity index (χ0v) is 25.1. The molecule has 5 heteroatoms. The van der Waals surface area contributed by atoms with E-state index >= 15 is 0 Å². The van der Waals surface area contributed by atoms with E-state index in [4.69, 9.17) is 12.7 Å². The van der Waals surface area contributed by atoms with E-state index in [-0.39, 0.29) is 0 Å². The summed E-state index contributed by atoms with van der Waals surface area (Å²) < 4.78 is 14.5. The normalized spacial score (nSPS) is 10.7. The maximum atomic E-state index is 6.36. The highest BCUT2D eigenvalue weighted by atomic mass is 27.2. The summed E-state index contributed by atoms with van der Waals surface area (Å²) in [5, 5.41) is 5.27. The predicted molar refractivity (Wildman–Crippen MR) is 179 cm³/mol. The molecule has 6 aromatic carbocycles. The number of nitrogens with zero attached hydrogens (tertiary/aromatic N) is 2. The van der Waals surface area contributed by atoms with E-state index in [9.17, 15) is 0 Å². The molecule has 7 aromatic rings. The molecule has 1 aromatic heterocycles. The van der Waals surface area contributed by atoms with Crippen LogP contribution in [0.15, 0.2) is 170 Å². The second-order valence-electron chi connectivity index (χ2n) is 10.3. The largest absolute Gasteiger partial charge is 0.881 e. The monoisotopic (exact) mass is 583 g/mol. The second-order valence-corrected chi connectivity index (χ2v) is 10.9. The highest BCUT2D eigenvalue weighted by Crippen LogP contribution is 2.42. The van der Waals surface area contributed by atoms with Gasteiger partial charge in [0.05, 0.1) is 11.4 Å². The van der Waals surface area contributed by atoms with Gasteiger partial charge in [0.15, 0.2) is 0 Å². The van der Waals surface area contributed by atoms with E-state index in [1.165, 1.54) is 5.56 Å². The summed E-state index contributed by atoms with van der Waals surface area (Å²) in [6.45, 7) is 0. The van der Waals surface area contributed by atoms with E-state index < -0.39 is 15.9 Å². The summed E-state index contributed by atoms with van der Waals surface area (Å²) in [7, 11) is 0. The smallest absolute Gasteiger partial charge is 0.616 e. The molecule has 0 aliphatic rings. The SMILES string of the molecule is c1ccc(-c2ccc([O][Al][O]c3ccccc3-n3nc(-c4ccccc4)c(-c4ccccc4)c3-c3ccccc3)cc2)cc1. The van der Waals surface area contributed by atoms with Crippen molar-refractivity contribution in [2.75, 3.05) is 0 Å². The molecule has 0 aliphatic carbocycles. The van der Waals surface area contributed by atoms with Gasteiger partial charge in [-0.1, -0.05) is 146 Å². The Morgan fingerprint density at radius 1 is 0.432 bits per heavy atom. The van der Waals surface area contributed by atoms with Crippen LogP contribution in [0.1, 0.15) is 0 Å². The summed E-state index contributed by atoms with van der Waals surface area (Å²) in [5.74, 6) is 1.49. The summed E-state index contributed by atoms with van der Waals surface area (Å²) in [5.41, 5.74) is 9.37. The Morgan fingerprint density at radius 2 is 0.932 bits per heavy atom. The lowest BCUT2D eigenvalue weighted by atomic mass is 9.96. The van der Waals surface area contributed by atoms with Crippen molar-refractivity contribution < 1.29 is 7.58 Å². The molecule has 209 valence electrons. The molecule has 1 heterocycles. The molecule has 0 saturated carbocycles. The first-order valence-corrected chi connectivity index (χ1v) is 15.5. The molecular weight excluding hydrogens is 555 g/mol. The standard InChI is InChI=1S/C27H20N2O.C12H10O.Al/c30-24-19-11-10-18-23(24)29-27(22-16-8-3-9-17-22)25(20-12-4-1-5-13-20)26(28-29)21-14-6-2-7-15-21;13-12-8-6-11(7-9-12)10-4-2-1-3-5-10;/h1-19,30H;1-9,13H;/q;;+2/p-2. The Bertz CT molecular complexity index is 1960. The minimum atomic E-state index is -0.822. The van der Waals surface area contributed by atoms with Crippen LogP contribution < -0.4 is 7.58 Å². The predicted octanol–water partition coefficient (Wildman–Crippen LogP) is 9.53. The van der Waals surface area contributed by atoms with Crippen molar-refractivity contribution in [3.8, 4) is 62.0 Å². The van der Waals surface area contributed by atoms with E-state index in [0.717, 1.165) is 50.6 Å². The average Bonchev–Trinajstić information content (AvgIpc) is 3.51. The zero-order chi connectivity index (χ0) is 29.6. The lowest BCUT2D eigenvalue weighted by Gasteiger charge is -2.16. The van der Waals surface area contributed by atoms with Gasteiger partial charge < -0.3 is 7.58 Å². The molecule has 1 radical (unpaired) electrons. The van der Waals surface area contributed by atoms with Crippen molar-refractivity contribution in [3.63, 3.8) is 0 Å². The van der Waals surface area contributed by atoms with Gasteiger partial charge in [0.1, 0.15) is 17.1 Å². The van der Waals surface area contributed by atoms with Gasteiger partial charge in [0.25, 0.3) is 0 Å². The Labute approximate surface area is 264 Å². The van der Waals surface area contributed by atoms with Crippen LogP contribution in [0.5, 0.6) is 11.5 Å². The molecular formula is C39H28AlN2O2. The molecule has 0 N–H and O–H groups in total. The highest BCUT2D eigenvalue weighted by Gasteiger charge is 2.24. The van der Waals surface area contributed by atoms with Crippen molar-refractivity contribution in [1.82, 2.24) is 9.78 Å². The fraction of sp³-hybridized carbons (Fsp3) is 0. The molecule has 7 rings (SSSR count). The molecule has 4 nitrogen and oxygen atoms in total. The van der Waals surface area contributed by atoms with Gasteiger partial charge in [-0.05, 0) is 41.0 Å². The van der Waals surface area contributed by atoms with Crippen molar-refractivity contribution >= 4 is 15.9 Å². The molecule has 0 spiro atoms. The van der Waals surface area contributed by atoms with Gasteiger partial charge >= 0.3 is 15.9 Å². The molecule has 44 heavy (non-hydrogen) atoms. The first-order valence-electron chi connectivity index (χ1n) is 14.5. The van der Waals surface area contributed by atoms with Crippen LogP contribution in [0.25, 0.3) is 50.5 Å². The molecule has 0 atom stereocenters. The minimum Gasteiger partial charge on any atom is -0.616 e. The average molecular weight is 584 g/mol. The molecule has 0 unspecified atom stereocenters. The number of rotatable bonds is 9. The fourth-order valence-corrected chi connectivity index (χ4v) is 5.97. The van der Waals surface area contributed by atoms with Crippen molar-refractivity contribution in [2.24, 2.45) is 0 Å². The zero-order valence-electron chi connectivity index (χ0n) is 24.0.